The lowest BCUT2D eigenvalue weighted by atomic mass is 10.1. The van der Waals surface area contributed by atoms with Gasteiger partial charge < -0.3 is 19.9 Å². The molecule has 134 valence electrons. The van der Waals surface area contributed by atoms with E-state index in [1.54, 1.807) is 11.1 Å². The van der Waals surface area contributed by atoms with E-state index in [0.717, 1.165) is 5.82 Å². The predicted molar refractivity (Wildman–Crippen MR) is 95.4 cm³/mol. The van der Waals surface area contributed by atoms with Gasteiger partial charge in [-0.2, -0.15) is 4.98 Å². The second-order valence-corrected chi connectivity index (χ2v) is 8.07. The van der Waals surface area contributed by atoms with Crippen molar-refractivity contribution in [3.05, 3.63) is 12.3 Å². The highest BCUT2D eigenvalue weighted by atomic mass is 16.6. The van der Waals surface area contributed by atoms with Gasteiger partial charge in [0.05, 0.1) is 0 Å². The molecule has 0 spiro atoms. The Morgan fingerprint density at radius 2 is 1.75 bits per heavy atom. The number of amides is 1. The predicted octanol–water partition coefficient (Wildman–Crippen LogP) is 2.74. The maximum atomic E-state index is 12.1. The van der Waals surface area contributed by atoms with Gasteiger partial charge in [-0.3, -0.25) is 0 Å². The first-order chi connectivity index (χ1) is 11.0. The fourth-order valence-corrected chi connectivity index (χ4v) is 2.37. The first-order valence-electron chi connectivity index (χ1n) is 8.38. The number of hydrogen-bond donors (Lipinski definition) is 1. The molecule has 1 saturated heterocycles. The van der Waals surface area contributed by atoms with Crippen molar-refractivity contribution in [2.45, 2.75) is 52.7 Å². The van der Waals surface area contributed by atoms with Crippen LogP contribution in [0.1, 0.15) is 41.5 Å². The van der Waals surface area contributed by atoms with Crippen LogP contribution in [0.4, 0.5) is 16.6 Å². The summed E-state index contributed by atoms with van der Waals surface area (Å²) in [6.07, 6.45) is 1.50. The normalized spacial score (nSPS) is 16.1. The Balaban J connectivity index is 1.95. The molecule has 2 heterocycles. The molecule has 1 aliphatic heterocycles. The van der Waals surface area contributed by atoms with Gasteiger partial charge in [-0.15, -0.1) is 0 Å². The van der Waals surface area contributed by atoms with Crippen molar-refractivity contribution in [1.82, 2.24) is 14.9 Å². The molecule has 1 aromatic heterocycles. The molecular formula is C17H29N5O2. The van der Waals surface area contributed by atoms with Crippen LogP contribution in [0.5, 0.6) is 0 Å². The van der Waals surface area contributed by atoms with Gasteiger partial charge >= 0.3 is 6.09 Å². The highest BCUT2D eigenvalue weighted by Gasteiger charge is 2.26. The van der Waals surface area contributed by atoms with Crippen LogP contribution in [0.25, 0.3) is 0 Å². The smallest absolute Gasteiger partial charge is 0.410 e. The van der Waals surface area contributed by atoms with Gasteiger partial charge in [0.2, 0.25) is 5.95 Å². The molecule has 1 aliphatic rings. The van der Waals surface area contributed by atoms with Gasteiger partial charge in [-0.25, -0.2) is 9.78 Å². The van der Waals surface area contributed by atoms with Gasteiger partial charge in [0, 0.05) is 37.9 Å². The molecule has 0 saturated carbocycles. The zero-order chi connectivity index (χ0) is 18.0. The van der Waals surface area contributed by atoms with Crippen molar-refractivity contribution >= 4 is 17.9 Å². The lowest BCUT2D eigenvalue weighted by molar-refractivity contribution is 0.0240. The molecule has 1 aromatic rings. The van der Waals surface area contributed by atoms with Crippen molar-refractivity contribution in [1.29, 1.82) is 0 Å². The summed E-state index contributed by atoms with van der Waals surface area (Å²) in [5, 5.41) is 3.35. The van der Waals surface area contributed by atoms with E-state index in [2.05, 4.69) is 41.0 Å². The maximum Gasteiger partial charge on any atom is 0.410 e. The molecule has 0 bridgehead atoms. The highest BCUT2D eigenvalue weighted by Crippen LogP contribution is 2.17. The minimum Gasteiger partial charge on any atom is -0.444 e. The number of carbonyl (C=O) groups excluding carboxylic acids is 1. The fraction of sp³-hybridized carbons (Fsp3) is 0.706. The monoisotopic (exact) mass is 335 g/mol. The van der Waals surface area contributed by atoms with Crippen molar-refractivity contribution in [2.24, 2.45) is 0 Å². The minimum absolute atomic E-state index is 0.0545. The Morgan fingerprint density at radius 3 is 2.29 bits per heavy atom. The van der Waals surface area contributed by atoms with Gasteiger partial charge in [-0.05, 0) is 47.6 Å². The summed E-state index contributed by atoms with van der Waals surface area (Å²) in [5.41, 5.74) is -0.523. The van der Waals surface area contributed by atoms with Gasteiger partial charge in [-0.1, -0.05) is 0 Å². The zero-order valence-electron chi connectivity index (χ0n) is 15.6. The summed E-state index contributed by atoms with van der Waals surface area (Å²) in [7, 11) is 0. The Kier molecular flexibility index (Phi) is 5.20. The Hall–Kier alpha value is -2.05. The van der Waals surface area contributed by atoms with Crippen molar-refractivity contribution < 1.29 is 9.53 Å². The zero-order valence-corrected chi connectivity index (χ0v) is 15.6. The van der Waals surface area contributed by atoms with E-state index in [4.69, 9.17) is 4.74 Å². The second kappa shape index (κ2) is 6.83. The number of ether oxygens (including phenoxy) is 1. The van der Waals surface area contributed by atoms with E-state index < -0.39 is 5.60 Å². The summed E-state index contributed by atoms with van der Waals surface area (Å²) < 4.78 is 5.42. The average molecular weight is 335 g/mol. The van der Waals surface area contributed by atoms with E-state index in [-0.39, 0.29) is 11.6 Å². The quantitative estimate of drug-likeness (QED) is 0.896. The SMILES string of the molecule is CC(C)(C)Nc1ccnc(N2CCN(C(=O)OC(C)(C)C)CC2)n1. The molecule has 0 atom stereocenters. The lowest BCUT2D eigenvalue weighted by Crippen LogP contribution is -2.50. The summed E-state index contributed by atoms with van der Waals surface area (Å²) in [5.74, 6) is 1.50. The van der Waals surface area contributed by atoms with Crippen LogP contribution in [0.3, 0.4) is 0 Å². The largest absolute Gasteiger partial charge is 0.444 e. The van der Waals surface area contributed by atoms with E-state index in [1.807, 2.05) is 26.8 Å². The van der Waals surface area contributed by atoms with Gasteiger partial charge in [0.15, 0.2) is 0 Å². The summed E-state index contributed by atoms with van der Waals surface area (Å²) >= 11 is 0. The molecule has 0 unspecified atom stereocenters. The van der Waals surface area contributed by atoms with Crippen LogP contribution in [0.2, 0.25) is 0 Å². The molecule has 1 fully saturated rings. The third-order valence-corrected chi connectivity index (χ3v) is 3.36. The van der Waals surface area contributed by atoms with Gasteiger partial charge in [0.1, 0.15) is 11.4 Å². The number of hydrogen-bond acceptors (Lipinski definition) is 6. The number of carbonyl (C=O) groups is 1. The van der Waals surface area contributed by atoms with Crippen LogP contribution in [0.15, 0.2) is 12.3 Å². The third-order valence-electron chi connectivity index (χ3n) is 3.36. The third kappa shape index (κ3) is 5.54. The molecule has 7 heteroatoms. The van der Waals surface area contributed by atoms with Crippen LogP contribution < -0.4 is 10.2 Å². The average Bonchev–Trinajstić information content (AvgIpc) is 2.44. The van der Waals surface area contributed by atoms with E-state index in [9.17, 15) is 4.79 Å². The molecule has 24 heavy (non-hydrogen) atoms. The van der Waals surface area contributed by atoms with Crippen LogP contribution in [0, 0.1) is 0 Å². The molecule has 7 nitrogen and oxygen atoms in total. The number of rotatable bonds is 2. The number of aromatic nitrogens is 2. The van der Waals surface area contributed by atoms with Crippen LogP contribution in [-0.2, 0) is 4.74 Å². The molecule has 0 aromatic carbocycles. The topological polar surface area (TPSA) is 70.6 Å². The molecular weight excluding hydrogens is 306 g/mol. The summed E-state index contributed by atoms with van der Waals surface area (Å²) in [6.45, 7) is 14.5. The minimum atomic E-state index is -0.468. The van der Waals surface area contributed by atoms with E-state index >= 15 is 0 Å². The molecule has 0 aliphatic carbocycles. The second-order valence-electron chi connectivity index (χ2n) is 8.07. The first-order valence-corrected chi connectivity index (χ1v) is 8.38. The van der Waals surface area contributed by atoms with Crippen LogP contribution >= 0.6 is 0 Å². The highest BCUT2D eigenvalue weighted by molar-refractivity contribution is 5.68. The Morgan fingerprint density at radius 1 is 1.12 bits per heavy atom. The Bertz CT molecular complexity index is 569. The van der Waals surface area contributed by atoms with Crippen LogP contribution in [-0.4, -0.2) is 58.3 Å². The van der Waals surface area contributed by atoms with Crippen molar-refractivity contribution in [3.63, 3.8) is 0 Å². The molecule has 2 rings (SSSR count). The van der Waals surface area contributed by atoms with E-state index in [1.165, 1.54) is 0 Å². The summed E-state index contributed by atoms with van der Waals surface area (Å²) in [6, 6.07) is 1.87. The first kappa shape index (κ1) is 18.3. The number of nitrogens with zero attached hydrogens (tertiary/aromatic N) is 4. The molecule has 0 radical (unpaired) electrons. The van der Waals surface area contributed by atoms with E-state index in [0.29, 0.717) is 32.1 Å². The molecule has 1 N–H and O–H groups in total. The summed E-state index contributed by atoms with van der Waals surface area (Å²) in [4.78, 5) is 24.9. The van der Waals surface area contributed by atoms with Crippen molar-refractivity contribution in [3.8, 4) is 0 Å². The Labute approximate surface area is 144 Å². The fourth-order valence-electron chi connectivity index (χ4n) is 2.37. The number of piperazine rings is 1. The maximum absolute atomic E-state index is 12.1. The van der Waals surface area contributed by atoms with Crippen molar-refractivity contribution in [2.75, 3.05) is 36.4 Å². The number of nitrogens with one attached hydrogen (secondary N) is 1. The lowest BCUT2D eigenvalue weighted by Gasteiger charge is -2.35. The van der Waals surface area contributed by atoms with Gasteiger partial charge in [0.25, 0.3) is 0 Å². The molecule has 1 amide bonds. The number of anilines is 2. The standard InChI is InChI=1S/C17H29N5O2/c1-16(2,3)20-13-7-8-18-14(19-13)21-9-11-22(12-10-21)15(23)24-17(4,5)6/h7-8H,9-12H2,1-6H3,(H,18,19,20).